The van der Waals surface area contributed by atoms with Crippen LogP contribution in [-0.2, 0) is 11.3 Å². The van der Waals surface area contributed by atoms with Crippen LogP contribution in [-0.4, -0.2) is 57.3 Å². The second kappa shape index (κ2) is 6.34. The van der Waals surface area contributed by atoms with E-state index in [0.717, 1.165) is 39.7 Å². The number of hydrogen-bond acceptors (Lipinski definition) is 7. The SMILES string of the molecule is Nc1ncc(-c2cc3c(s2)CN(C(=O)O)C=C3N2CCOCC2)cn1. The van der Waals surface area contributed by atoms with Crippen LogP contribution in [0, 0.1) is 0 Å². The van der Waals surface area contributed by atoms with Crippen LogP contribution >= 0.6 is 11.3 Å². The highest BCUT2D eigenvalue weighted by Crippen LogP contribution is 2.39. The zero-order valence-electron chi connectivity index (χ0n) is 13.4. The van der Waals surface area contributed by atoms with Crippen LogP contribution in [0.25, 0.3) is 16.1 Å². The lowest BCUT2D eigenvalue weighted by molar-refractivity contribution is 0.0631. The number of hydrogen-bond donors (Lipinski definition) is 2. The van der Waals surface area contributed by atoms with Gasteiger partial charge in [-0.2, -0.15) is 0 Å². The standard InChI is InChI=1S/C16H17N5O3S/c17-15-18-6-10(7-19-15)13-5-11-12(20-1-3-24-4-2-20)8-21(16(22)23)9-14(11)25-13/h5-8H,1-4,9H2,(H,22,23)(H2,17,18,19). The highest BCUT2D eigenvalue weighted by atomic mass is 32.1. The fourth-order valence-electron chi connectivity index (χ4n) is 2.97. The summed E-state index contributed by atoms with van der Waals surface area (Å²) in [7, 11) is 0. The van der Waals surface area contributed by atoms with Crippen LogP contribution < -0.4 is 5.73 Å². The molecule has 0 saturated carbocycles. The molecule has 0 spiro atoms. The van der Waals surface area contributed by atoms with E-state index in [1.807, 2.05) is 0 Å². The molecule has 1 saturated heterocycles. The van der Waals surface area contributed by atoms with Gasteiger partial charge in [0.2, 0.25) is 5.95 Å². The third kappa shape index (κ3) is 3.03. The molecule has 25 heavy (non-hydrogen) atoms. The number of nitrogen functional groups attached to an aromatic ring is 1. The Labute approximate surface area is 148 Å². The van der Waals surface area contributed by atoms with Gasteiger partial charge in [-0.05, 0) is 6.07 Å². The number of nitrogens with zero attached hydrogens (tertiary/aromatic N) is 4. The van der Waals surface area contributed by atoms with Crippen molar-refractivity contribution in [2.45, 2.75) is 6.54 Å². The summed E-state index contributed by atoms with van der Waals surface area (Å²) in [4.78, 5) is 25.1. The van der Waals surface area contributed by atoms with E-state index in [1.165, 1.54) is 4.90 Å². The molecule has 8 nitrogen and oxygen atoms in total. The molecule has 4 rings (SSSR count). The van der Waals surface area contributed by atoms with E-state index in [9.17, 15) is 9.90 Å². The lowest BCUT2D eigenvalue weighted by Gasteiger charge is -2.34. The predicted octanol–water partition coefficient (Wildman–Crippen LogP) is 1.91. The summed E-state index contributed by atoms with van der Waals surface area (Å²) in [6.07, 6.45) is 4.13. The lowest BCUT2D eigenvalue weighted by atomic mass is 10.1. The Bertz CT molecular complexity index is 827. The fraction of sp³-hybridized carbons (Fsp3) is 0.312. The molecule has 0 aliphatic carbocycles. The number of thiophene rings is 1. The smallest absolute Gasteiger partial charge is 0.411 e. The second-order valence-corrected chi connectivity index (χ2v) is 6.94. The molecular weight excluding hydrogens is 342 g/mol. The van der Waals surface area contributed by atoms with Crippen molar-refractivity contribution < 1.29 is 14.6 Å². The summed E-state index contributed by atoms with van der Waals surface area (Å²) in [5.41, 5.74) is 8.41. The van der Waals surface area contributed by atoms with Crippen molar-refractivity contribution in [1.29, 1.82) is 0 Å². The van der Waals surface area contributed by atoms with E-state index in [2.05, 4.69) is 20.9 Å². The Morgan fingerprint density at radius 1 is 1.28 bits per heavy atom. The second-order valence-electron chi connectivity index (χ2n) is 5.80. The van der Waals surface area contributed by atoms with E-state index in [1.54, 1.807) is 29.9 Å². The van der Waals surface area contributed by atoms with Crippen molar-refractivity contribution in [2.24, 2.45) is 0 Å². The van der Waals surface area contributed by atoms with Gasteiger partial charge in [0, 0.05) is 52.6 Å². The molecule has 0 atom stereocenters. The average Bonchev–Trinajstić information content (AvgIpc) is 3.06. The minimum absolute atomic E-state index is 0.232. The van der Waals surface area contributed by atoms with Gasteiger partial charge in [-0.25, -0.2) is 14.8 Å². The summed E-state index contributed by atoms with van der Waals surface area (Å²) in [6.45, 7) is 3.12. The number of anilines is 1. The Balaban J connectivity index is 1.74. The number of ether oxygens (including phenoxy) is 1. The quantitative estimate of drug-likeness (QED) is 0.844. The molecule has 1 fully saturated rings. The number of amides is 1. The van der Waals surface area contributed by atoms with E-state index in [-0.39, 0.29) is 5.95 Å². The number of fused-ring (bicyclic) bond motifs is 1. The molecule has 9 heteroatoms. The number of rotatable bonds is 2. The monoisotopic (exact) mass is 359 g/mol. The van der Waals surface area contributed by atoms with Crippen LogP contribution in [0.15, 0.2) is 24.7 Å². The largest absolute Gasteiger partial charge is 0.465 e. The van der Waals surface area contributed by atoms with Gasteiger partial charge in [0.25, 0.3) is 0 Å². The van der Waals surface area contributed by atoms with E-state index >= 15 is 0 Å². The first kappa shape index (κ1) is 15.9. The summed E-state index contributed by atoms with van der Waals surface area (Å²) in [5.74, 6) is 0.232. The molecule has 2 aliphatic rings. The fourth-order valence-corrected chi connectivity index (χ4v) is 4.11. The molecule has 4 heterocycles. The Hall–Kier alpha value is -2.65. The molecule has 130 valence electrons. The van der Waals surface area contributed by atoms with E-state index < -0.39 is 6.09 Å². The first-order valence-electron chi connectivity index (χ1n) is 7.87. The van der Waals surface area contributed by atoms with Crippen molar-refractivity contribution in [1.82, 2.24) is 19.8 Å². The van der Waals surface area contributed by atoms with Crippen molar-refractivity contribution in [3.8, 4) is 10.4 Å². The highest BCUT2D eigenvalue weighted by molar-refractivity contribution is 7.15. The molecule has 0 radical (unpaired) electrons. The molecule has 0 unspecified atom stereocenters. The predicted molar refractivity (Wildman–Crippen MR) is 93.7 cm³/mol. The van der Waals surface area contributed by atoms with Gasteiger partial charge >= 0.3 is 6.09 Å². The van der Waals surface area contributed by atoms with Crippen LogP contribution in [0.3, 0.4) is 0 Å². The van der Waals surface area contributed by atoms with Crippen LogP contribution in [0.2, 0.25) is 0 Å². The average molecular weight is 359 g/mol. The van der Waals surface area contributed by atoms with Gasteiger partial charge in [0.15, 0.2) is 0 Å². The molecule has 0 bridgehead atoms. The summed E-state index contributed by atoms with van der Waals surface area (Å²) < 4.78 is 5.41. The maximum Gasteiger partial charge on any atom is 0.411 e. The summed E-state index contributed by atoms with van der Waals surface area (Å²) in [5, 5.41) is 9.44. The molecule has 3 N–H and O–H groups in total. The molecule has 2 aromatic rings. The van der Waals surface area contributed by atoms with E-state index in [0.29, 0.717) is 19.8 Å². The van der Waals surface area contributed by atoms with Gasteiger partial charge in [0.1, 0.15) is 0 Å². The van der Waals surface area contributed by atoms with E-state index in [4.69, 9.17) is 10.5 Å². The third-order valence-corrected chi connectivity index (χ3v) is 5.40. The van der Waals surface area contributed by atoms with Gasteiger partial charge in [0.05, 0.1) is 25.5 Å². The molecule has 2 aliphatic heterocycles. The van der Waals surface area contributed by atoms with Gasteiger partial charge in [-0.1, -0.05) is 0 Å². The molecule has 1 amide bonds. The number of aromatic nitrogens is 2. The normalized spacial score (nSPS) is 17.2. The number of carboxylic acid groups (broad SMARTS) is 1. The Morgan fingerprint density at radius 2 is 2.00 bits per heavy atom. The zero-order valence-corrected chi connectivity index (χ0v) is 14.2. The maximum atomic E-state index is 11.5. The molecular formula is C16H17N5O3S. The topological polar surface area (TPSA) is 105 Å². The molecule has 0 aromatic carbocycles. The minimum atomic E-state index is -0.956. The third-order valence-electron chi connectivity index (χ3n) is 4.23. The van der Waals surface area contributed by atoms with Gasteiger partial charge in [-0.15, -0.1) is 11.3 Å². The number of carbonyl (C=O) groups is 1. The van der Waals surface area contributed by atoms with Crippen LogP contribution in [0.4, 0.5) is 10.7 Å². The number of nitrogens with two attached hydrogens (primary N) is 1. The van der Waals surface area contributed by atoms with Gasteiger partial charge < -0.3 is 20.5 Å². The first-order valence-corrected chi connectivity index (χ1v) is 8.68. The van der Waals surface area contributed by atoms with Gasteiger partial charge in [-0.3, -0.25) is 4.90 Å². The Kier molecular flexibility index (Phi) is 4.02. The zero-order chi connectivity index (χ0) is 17.4. The minimum Gasteiger partial charge on any atom is -0.465 e. The van der Waals surface area contributed by atoms with Crippen LogP contribution in [0.5, 0.6) is 0 Å². The Morgan fingerprint density at radius 3 is 2.68 bits per heavy atom. The molecule has 2 aromatic heterocycles. The van der Waals surface area contributed by atoms with Crippen molar-refractivity contribution in [2.75, 3.05) is 32.0 Å². The van der Waals surface area contributed by atoms with Crippen molar-refractivity contribution in [3.05, 3.63) is 35.1 Å². The van der Waals surface area contributed by atoms with Crippen molar-refractivity contribution in [3.63, 3.8) is 0 Å². The number of morpholine rings is 1. The lowest BCUT2D eigenvalue weighted by Crippen LogP contribution is -2.38. The maximum absolute atomic E-state index is 11.5. The summed E-state index contributed by atoms with van der Waals surface area (Å²) in [6, 6.07) is 2.08. The summed E-state index contributed by atoms with van der Waals surface area (Å²) >= 11 is 1.56. The highest BCUT2D eigenvalue weighted by Gasteiger charge is 2.28. The van der Waals surface area contributed by atoms with Crippen molar-refractivity contribution >= 4 is 29.1 Å². The first-order chi connectivity index (χ1) is 12.1. The van der Waals surface area contributed by atoms with Crippen LogP contribution in [0.1, 0.15) is 10.4 Å².